The molecule has 0 atom stereocenters. The Kier molecular flexibility index (Phi) is 4.28. The van der Waals surface area contributed by atoms with Gasteiger partial charge in [-0.3, -0.25) is 4.79 Å². The molecule has 0 aromatic heterocycles. The maximum absolute atomic E-state index is 13.5. The van der Waals surface area contributed by atoms with Crippen molar-refractivity contribution in [1.82, 2.24) is 0 Å². The number of hydrogen-bond donors (Lipinski definition) is 1. The number of benzene rings is 3. The lowest BCUT2D eigenvalue weighted by Crippen LogP contribution is -2.12. The number of primary sulfonamides is 1. The van der Waals surface area contributed by atoms with Crippen molar-refractivity contribution in [2.45, 2.75) is 4.90 Å². The molecular weight excluding hydrogens is 345 g/mol. The highest BCUT2D eigenvalue weighted by atomic mass is 32.2. The summed E-state index contributed by atoms with van der Waals surface area (Å²) >= 11 is 0. The first-order chi connectivity index (χ1) is 11.8. The summed E-state index contributed by atoms with van der Waals surface area (Å²) in [5.74, 6) is -0.642. The van der Waals surface area contributed by atoms with Crippen LogP contribution in [0.4, 0.5) is 4.39 Å². The van der Waals surface area contributed by atoms with Gasteiger partial charge in [-0.1, -0.05) is 24.3 Å². The number of sulfonamides is 1. The molecule has 2 N–H and O–H groups in total. The highest BCUT2D eigenvalue weighted by Crippen LogP contribution is 2.31. The van der Waals surface area contributed by atoms with E-state index in [4.69, 9.17) is 9.88 Å². The molecule has 0 unspecified atom stereocenters. The zero-order chi connectivity index (χ0) is 18.2. The first-order valence-corrected chi connectivity index (χ1v) is 8.80. The van der Waals surface area contributed by atoms with Gasteiger partial charge in [0, 0.05) is 5.56 Å². The predicted octanol–water partition coefficient (Wildman–Crippen LogP) is 2.87. The van der Waals surface area contributed by atoms with Crippen LogP contribution in [0.5, 0.6) is 5.75 Å². The Hall–Kier alpha value is -2.77. The number of hydrogen-bond acceptors (Lipinski definition) is 4. The Bertz CT molecular complexity index is 1090. The number of fused-ring (bicyclic) bond motifs is 1. The number of ketones is 1. The summed E-state index contributed by atoms with van der Waals surface area (Å²) in [6.45, 7) is 0. The Morgan fingerprint density at radius 1 is 1.08 bits per heavy atom. The molecule has 0 spiro atoms. The monoisotopic (exact) mass is 359 g/mol. The lowest BCUT2D eigenvalue weighted by Gasteiger charge is -2.12. The molecule has 7 heteroatoms. The van der Waals surface area contributed by atoms with Crippen LogP contribution in [0, 0.1) is 5.82 Å². The molecule has 0 saturated carbocycles. The van der Waals surface area contributed by atoms with Crippen molar-refractivity contribution in [2.75, 3.05) is 7.11 Å². The summed E-state index contributed by atoms with van der Waals surface area (Å²) in [5, 5.41) is 6.14. The molecule has 0 radical (unpaired) electrons. The normalized spacial score (nSPS) is 11.5. The molecule has 0 aliphatic carbocycles. The van der Waals surface area contributed by atoms with Gasteiger partial charge in [-0.15, -0.1) is 0 Å². The Morgan fingerprint density at radius 2 is 1.84 bits per heavy atom. The van der Waals surface area contributed by atoms with Gasteiger partial charge in [0.2, 0.25) is 10.0 Å². The summed E-state index contributed by atoms with van der Waals surface area (Å²) in [6.07, 6.45) is 0. The molecule has 3 rings (SSSR count). The lowest BCUT2D eigenvalue weighted by molar-refractivity contribution is 0.103. The predicted molar refractivity (Wildman–Crippen MR) is 91.7 cm³/mol. The second-order valence-corrected chi connectivity index (χ2v) is 6.97. The van der Waals surface area contributed by atoms with E-state index in [0.717, 1.165) is 6.07 Å². The zero-order valence-electron chi connectivity index (χ0n) is 13.2. The fourth-order valence-electron chi connectivity index (χ4n) is 2.64. The van der Waals surface area contributed by atoms with Crippen LogP contribution in [0.3, 0.4) is 0 Å². The first-order valence-electron chi connectivity index (χ1n) is 7.25. The van der Waals surface area contributed by atoms with Crippen LogP contribution in [0.15, 0.2) is 59.5 Å². The van der Waals surface area contributed by atoms with E-state index in [0.29, 0.717) is 16.5 Å². The average Bonchev–Trinajstić information content (AvgIpc) is 2.58. The van der Waals surface area contributed by atoms with Gasteiger partial charge < -0.3 is 4.74 Å². The Balaban J connectivity index is 2.27. The topological polar surface area (TPSA) is 86.5 Å². The van der Waals surface area contributed by atoms with E-state index in [1.807, 2.05) is 0 Å². The van der Waals surface area contributed by atoms with E-state index in [1.165, 1.54) is 43.5 Å². The van der Waals surface area contributed by atoms with E-state index >= 15 is 0 Å². The summed E-state index contributed by atoms with van der Waals surface area (Å²) in [4.78, 5) is 12.8. The first kappa shape index (κ1) is 17.1. The fraction of sp³-hybridized carbons (Fsp3) is 0.0556. The van der Waals surface area contributed by atoms with Crippen molar-refractivity contribution in [1.29, 1.82) is 0 Å². The molecule has 25 heavy (non-hydrogen) atoms. The highest BCUT2D eigenvalue weighted by Gasteiger charge is 2.19. The number of rotatable bonds is 4. The summed E-state index contributed by atoms with van der Waals surface area (Å²) in [6, 6.07) is 12.7. The second kappa shape index (κ2) is 6.27. The highest BCUT2D eigenvalue weighted by molar-refractivity contribution is 7.89. The van der Waals surface area contributed by atoms with Crippen LogP contribution in [0.2, 0.25) is 0 Å². The SMILES string of the molecule is COc1ccc2cc(S(N)(=O)=O)ccc2c1C(=O)c1cccc(F)c1. The van der Waals surface area contributed by atoms with Gasteiger partial charge in [-0.05, 0) is 41.1 Å². The minimum atomic E-state index is -3.87. The Morgan fingerprint density at radius 3 is 2.48 bits per heavy atom. The van der Waals surface area contributed by atoms with Gasteiger partial charge in [0.15, 0.2) is 5.78 Å². The minimum Gasteiger partial charge on any atom is -0.496 e. The van der Waals surface area contributed by atoms with Gasteiger partial charge >= 0.3 is 0 Å². The van der Waals surface area contributed by atoms with Gasteiger partial charge in [0.05, 0.1) is 17.6 Å². The molecule has 0 fully saturated rings. The zero-order valence-corrected chi connectivity index (χ0v) is 14.0. The average molecular weight is 359 g/mol. The molecule has 5 nitrogen and oxygen atoms in total. The number of ether oxygens (including phenoxy) is 1. The molecule has 128 valence electrons. The van der Waals surface area contributed by atoms with E-state index in [-0.39, 0.29) is 16.0 Å². The van der Waals surface area contributed by atoms with Crippen molar-refractivity contribution in [3.8, 4) is 5.75 Å². The van der Waals surface area contributed by atoms with Crippen molar-refractivity contribution < 1.29 is 22.3 Å². The maximum atomic E-state index is 13.5. The van der Waals surface area contributed by atoms with Crippen LogP contribution >= 0.6 is 0 Å². The van der Waals surface area contributed by atoms with Crippen LogP contribution < -0.4 is 9.88 Å². The van der Waals surface area contributed by atoms with Crippen LogP contribution in [-0.2, 0) is 10.0 Å². The van der Waals surface area contributed by atoms with Crippen molar-refractivity contribution in [3.05, 3.63) is 71.5 Å². The molecular formula is C18H14FNO4S. The van der Waals surface area contributed by atoms with E-state index in [1.54, 1.807) is 12.1 Å². The summed E-state index contributed by atoms with van der Waals surface area (Å²) < 4.78 is 41.8. The number of methoxy groups -OCH3 is 1. The third kappa shape index (κ3) is 3.24. The van der Waals surface area contributed by atoms with E-state index < -0.39 is 21.6 Å². The Labute approximate surface area is 143 Å². The molecule has 3 aromatic carbocycles. The fourth-order valence-corrected chi connectivity index (χ4v) is 3.19. The summed E-state index contributed by atoms with van der Waals surface area (Å²) in [7, 11) is -2.45. The molecule has 0 amide bonds. The van der Waals surface area contributed by atoms with E-state index in [9.17, 15) is 17.6 Å². The smallest absolute Gasteiger partial charge is 0.238 e. The molecule has 0 saturated heterocycles. The van der Waals surface area contributed by atoms with Gasteiger partial charge in [-0.2, -0.15) is 0 Å². The molecule has 0 aliphatic rings. The van der Waals surface area contributed by atoms with Crippen LogP contribution in [0.1, 0.15) is 15.9 Å². The van der Waals surface area contributed by atoms with Crippen molar-refractivity contribution >= 4 is 26.6 Å². The quantitative estimate of drug-likeness (QED) is 0.726. The number of carbonyl (C=O) groups is 1. The number of halogens is 1. The summed E-state index contributed by atoms with van der Waals surface area (Å²) in [5.41, 5.74) is 0.396. The van der Waals surface area contributed by atoms with Gasteiger partial charge in [-0.25, -0.2) is 17.9 Å². The van der Waals surface area contributed by atoms with E-state index in [2.05, 4.69) is 0 Å². The van der Waals surface area contributed by atoms with Gasteiger partial charge in [0.25, 0.3) is 0 Å². The number of nitrogens with two attached hydrogens (primary N) is 1. The second-order valence-electron chi connectivity index (χ2n) is 5.41. The standard InChI is InChI=1S/C18H14FNO4S/c1-24-16-8-5-11-10-14(25(20,22)23)6-7-15(11)17(16)18(21)12-3-2-4-13(19)9-12/h2-10H,1H3,(H2,20,22,23). The third-order valence-corrected chi connectivity index (χ3v) is 4.73. The molecule has 0 aliphatic heterocycles. The number of carbonyl (C=O) groups excluding carboxylic acids is 1. The molecule has 3 aromatic rings. The van der Waals surface area contributed by atoms with Crippen molar-refractivity contribution in [2.24, 2.45) is 5.14 Å². The lowest BCUT2D eigenvalue weighted by atomic mass is 9.96. The van der Waals surface area contributed by atoms with Crippen molar-refractivity contribution in [3.63, 3.8) is 0 Å². The molecule has 0 heterocycles. The van der Waals surface area contributed by atoms with Crippen LogP contribution in [-0.4, -0.2) is 21.3 Å². The van der Waals surface area contributed by atoms with Gasteiger partial charge in [0.1, 0.15) is 11.6 Å². The van der Waals surface area contributed by atoms with Crippen LogP contribution in [0.25, 0.3) is 10.8 Å². The molecule has 0 bridgehead atoms. The largest absolute Gasteiger partial charge is 0.496 e. The minimum absolute atomic E-state index is 0.0608. The maximum Gasteiger partial charge on any atom is 0.238 e. The third-order valence-electron chi connectivity index (χ3n) is 3.82.